The van der Waals surface area contributed by atoms with Gasteiger partial charge in [0.1, 0.15) is 18.2 Å². The standard InChI is InChI=1S/C27H27N3O2/c1-19-9-8-10-20(2)26(19)30-18-21(17-25(30)31)27-28-23-13-6-7-14-24(23)29(27)15-16-32-22-11-4-3-5-12-22/h3-14,21H,15-18H2,1-2H3/t21-/m0/s1. The SMILES string of the molecule is Cc1cccc(C)c1N1C[C@@H](c2nc3ccccc3n2CCOc2ccccc2)CC1=O. The number of carbonyl (C=O) groups is 1. The van der Waals surface area contributed by atoms with Gasteiger partial charge in [-0.15, -0.1) is 0 Å². The van der Waals surface area contributed by atoms with Crippen LogP contribution in [0.25, 0.3) is 11.0 Å². The van der Waals surface area contributed by atoms with Crippen LogP contribution in [0.3, 0.4) is 0 Å². The Balaban J connectivity index is 1.44. The van der Waals surface area contributed by atoms with E-state index in [2.05, 4.69) is 36.6 Å². The molecule has 1 amide bonds. The van der Waals surface area contributed by atoms with Gasteiger partial charge >= 0.3 is 0 Å². The minimum Gasteiger partial charge on any atom is -0.492 e. The average Bonchev–Trinajstić information content (AvgIpc) is 3.35. The van der Waals surface area contributed by atoms with Gasteiger partial charge in [-0.2, -0.15) is 0 Å². The first kappa shape index (κ1) is 20.3. The van der Waals surface area contributed by atoms with Crippen LogP contribution in [0.5, 0.6) is 5.75 Å². The Morgan fingerprint density at radius 3 is 2.44 bits per heavy atom. The molecule has 5 rings (SSSR count). The van der Waals surface area contributed by atoms with Gasteiger partial charge in [0.25, 0.3) is 0 Å². The lowest BCUT2D eigenvalue weighted by atomic mass is 10.1. The summed E-state index contributed by atoms with van der Waals surface area (Å²) in [5.74, 6) is 2.03. The fourth-order valence-electron chi connectivity index (χ4n) is 4.74. The maximum atomic E-state index is 13.1. The number of hydrogen-bond donors (Lipinski definition) is 0. The highest BCUT2D eigenvalue weighted by molar-refractivity contribution is 5.98. The summed E-state index contributed by atoms with van der Waals surface area (Å²) >= 11 is 0. The Morgan fingerprint density at radius 2 is 1.66 bits per heavy atom. The van der Waals surface area contributed by atoms with Crippen molar-refractivity contribution in [1.82, 2.24) is 9.55 Å². The van der Waals surface area contributed by atoms with Crippen molar-refractivity contribution in [2.45, 2.75) is 32.7 Å². The van der Waals surface area contributed by atoms with E-state index in [1.165, 1.54) is 0 Å². The van der Waals surface area contributed by atoms with E-state index in [1.807, 2.05) is 59.5 Å². The van der Waals surface area contributed by atoms with E-state index < -0.39 is 0 Å². The maximum absolute atomic E-state index is 13.1. The number of anilines is 1. The number of aromatic nitrogens is 2. The average molecular weight is 426 g/mol. The second kappa shape index (κ2) is 8.50. The molecule has 0 bridgehead atoms. The zero-order chi connectivity index (χ0) is 22.1. The topological polar surface area (TPSA) is 47.4 Å². The van der Waals surface area contributed by atoms with Gasteiger partial charge in [-0.05, 0) is 49.2 Å². The van der Waals surface area contributed by atoms with Crippen LogP contribution in [0, 0.1) is 13.8 Å². The van der Waals surface area contributed by atoms with Gasteiger partial charge in [0, 0.05) is 24.6 Å². The molecule has 1 aliphatic rings. The molecule has 5 heteroatoms. The first-order valence-corrected chi connectivity index (χ1v) is 11.1. The first-order valence-electron chi connectivity index (χ1n) is 11.1. The molecule has 162 valence electrons. The molecule has 0 unspecified atom stereocenters. The molecule has 2 heterocycles. The van der Waals surface area contributed by atoms with Crippen molar-refractivity contribution in [1.29, 1.82) is 0 Å². The summed E-state index contributed by atoms with van der Waals surface area (Å²) in [5, 5.41) is 0. The maximum Gasteiger partial charge on any atom is 0.227 e. The third-order valence-electron chi connectivity index (χ3n) is 6.21. The third-order valence-corrected chi connectivity index (χ3v) is 6.21. The zero-order valence-electron chi connectivity index (χ0n) is 18.5. The molecular weight excluding hydrogens is 398 g/mol. The third kappa shape index (κ3) is 3.75. The molecule has 3 aromatic carbocycles. The number of para-hydroxylation sites is 4. The molecule has 0 radical (unpaired) electrons. The Morgan fingerprint density at radius 1 is 0.938 bits per heavy atom. The normalized spacial score (nSPS) is 16.1. The van der Waals surface area contributed by atoms with Crippen LogP contribution >= 0.6 is 0 Å². The highest BCUT2D eigenvalue weighted by Crippen LogP contribution is 2.36. The predicted molar refractivity (Wildman–Crippen MR) is 127 cm³/mol. The molecule has 1 aliphatic heterocycles. The lowest BCUT2D eigenvalue weighted by molar-refractivity contribution is -0.117. The summed E-state index contributed by atoms with van der Waals surface area (Å²) in [5.41, 5.74) is 5.33. The van der Waals surface area contributed by atoms with Gasteiger partial charge in [-0.3, -0.25) is 4.79 Å². The Kier molecular flexibility index (Phi) is 5.39. The predicted octanol–water partition coefficient (Wildman–Crippen LogP) is 5.25. The molecule has 0 saturated carbocycles. The second-order valence-corrected chi connectivity index (χ2v) is 8.42. The molecule has 5 nitrogen and oxygen atoms in total. The van der Waals surface area contributed by atoms with Gasteiger partial charge in [-0.25, -0.2) is 4.98 Å². The molecular formula is C27H27N3O2. The Bertz CT molecular complexity index is 1240. The molecule has 1 atom stereocenters. The molecule has 32 heavy (non-hydrogen) atoms. The number of fused-ring (bicyclic) bond motifs is 1. The lowest BCUT2D eigenvalue weighted by Crippen LogP contribution is -2.26. The van der Waals surface area contributed by atoms with Gasteiger partial charge in [0.2, 0.25) is 5.91 Å². The summed E-state index contributed by atoms with van der Waals surface area (Å²) < 4.78 is 8.19. The van der Waals surface area contributed by atoms with E-state index in [-0.39, 0.29) is 11.8 Å². The van der Waals surface area contributed by atoms with Crippen LogP contribution in [0.4, 0.5) is 5.69 Å². The molecule has 1 saturated heterocycles. The molecule has 4 aromatic rings. The van der Waals surface area contributed by atoms with Crippen molar-refractivity contribution >= 4 is 22.6 Å². The summed E-state index contributed by atoms with van der Waals surface area (Å²) in [6.07, 6.45) is 0.469. The Labute approximate surface area is 188 Å². The molecule has 0 spiro atoms. The zero-order valence-corrected chi connectivity index (χ0v) is 18.5. The monoisotopic (exact) mass is 425 g/mol. The number of ether oxygens (including phenoxy) is 1. The molecule has 1 fully saturated rings. The van der Waals surface area contributed by atoms with Crippen molar-refractivity contribution in [3.05, 3.63) is 89.7 Å². The number of rotatable bonds is 6. The summed E-state index contributed by atoms with van der Waals surface area (Å²) in [6.45, 7) is 6.00. The highest BCUT2D eigenvalue weighted by atomic mass is 16.5. The van der Waals surface area contributed by atoms with Gasteiger partial charge in [-0.1, -0.05) is 48.5 Å². The fourth-order valence-corrected chi connectivity index (χ4v) is 4.74. The van der Waals surface area contributed by atoms with Crippen LogP contribution in [0.1, 0.15) is 29.3 Å². The minimum absolute atomic E-state index is 0.0469. The number of amides is 1. The molecule has 0 N–H and O–H groups in total. The smallest absolute Gasteiger partial charge is 0.227 e. The summed E-state index contributed by atoms with van der Waals surface area (Å²) in [4.78, 5) is 20.0. The van der Waals surface area contributed by atoms with E-state index in [1.54, 1.807) is 0 Å². The van der Waals surface area contributed by atoms with E-state index in [9.17, 15) is 4.79 Å². The highest BCUT2D eigenvalue weighted by Gasteiger charge is 2.35. The quantitative estimate of drug-likeness (QED) is 0.424. The fraction of sp³-hybridized carbons (Fsp3) is 0.259. The number of aryl methyl sites for hydroxylation is 2. The first-order chi connectivity index (χ1) is 15.6. The van der Waals surface area contributed by atoms with Gasteiger partial charge in [0.15, 0.2) is 0 Å². The number of nitrogens with zero attached hydrogens (tertiary/aromatic N) is 3. The summed E-state index contributed by atoms with van der Waals surface area (Å²) in [6, 6.07) is 24.2. The lowest BCUT2D eigenvalue weighted by Gasteiger charge is -2.21. The van der Waals surface area contributed by atoms with E-state index in [0.29, 0.717) is 26.1 Å². The largest absolute Gasteiger partial charge is 0.492 e. The van der Waals surface area contributed by atoms with E-state index in [0.717, 1.165) is 39.4 Å². The van der Waals surface area contributed by atoms with Crippen molar-refractivity contribution in [2.24, 2.45) is 0 Å². The number of hydrogen-bond acceptors (Lipinski definition) is 3. The van der Waals surface area contributed by atoms with E-state index in [4.69, 9.17) is 9.72 Å². The Hall–Kier alpha value is -3.60. The van der Waals surface area contributed by atoms with Crippen molar-refractivity contribution in [2.75, 3.05) is 18.1 Å². The van der Waals surface area contributed by atoms with Crippen LogP contribution in [0.15, 0.2) is 72.8 Å². The number of benzene rings is 3. The second-order valence-electron chi connectivity index (χ2n) is 8.42. The number of imidazole rings is 1. The van der Waals surface area contributed by atoms with Gasteiger partial charge < -0.3 is 14.2 Å². The summed E-state index contributed by atoms with van der Waals surface area (Å²) in [7, 11) is 0. The van der Waals surface area contributed by atoms with Crippen molar-refractivity contribution < 1.29 is 9.53 Å². The van der Waals surface area contributed by atoms with Crippen LogP contribution in [0.2, 0.25) is 0 Å². The van der Waals surface area contributed by atoms with E-state index >= 15 is 0 Å². The van der Waals surface area contributed by atoms with Gasteiger partial charge in [0.05, 0.1) is 17.6 Å². The van der Waals surface area contributed by atoms with Crippen molar-refractivity contribution in [3.8, 4) is 5.75 Å². The van der Waals surface area contributed by atoms with Crippen LogP contribution < -0.4 is 9.64 Å². The van der Waals surface area contributed by atoms with Crippen LogP contribution in [-0.4, -0.2) is 28.6 Å². The minimum atomic E-state index is 0.0469. The van der Waals surface area contributed by atoms with Crippen molar-refractivity contribution in [3.63, 3.8) is 0 Å². The molecule has 1 aromatic heterocycles. The number of carbonyl (C=O) groups excluding carboxylic acids is 1. The van der Waals surface area contributed by atoms with Crippen LogP contribution in [-0.2, 0) is 11.3 Å². The molecule has 0 aliphatic carbocycles.